The van der Waals surface area contributed by atoms with E-state index in [4.69, 9.17) is 9.47 Å². The summed E-state index contributed by atoms with van der Waals surface area (Å²) in [7, 11) is 2.24. The highest BCUT2D eigenvalue weighted by atomic mass is 16.5. The van der Waals surface area contributed by atoms with E-state index >= 15 is 0 Å². The molecule has 0 bridgehead atoms. The number of amides is 1. The minimum Gasteiger partial charge on any atom is -0.490 e. The molecule has 2 aliphatic heterocycles. The summed E-state index contributed by atoms with van der Waals surface area (Å²) in [6.45, 7) is 11.6. The van der Waals surface area contributed by atoms with Crippen LogP contribution in [0.3, 0.4) is 0 Å². The minimum atomic E-state index is -0.0715. The zero-order valence-electron chi connectivity index (χ0n) is 28.1. The third-order valence-corrected chi connectivity index (χ3v) is 10.4. The number of hydrogen-bond donors (Lipinski definition) is 0. The Morgan fingerprint density at radius 1 is 0.979 bits per heavy atom. The van der Waals surface area contributed by atoms with Crippen LogP contribution < -0.4 is 14.4 Å². The van der Waals surface area contributed by atoms with E-state index in [9.17, 15) is 4.79 Å². The number of carbonyl (C=O) groups is 1. The normalized spacial score (nSPS) is 21.7. The largest absolute Gasteiger partial charge is 0.490 e. The predicted molar refractivity (Wildman–Crippen MR) is 181 cm³/mol. The number of benzene rings is 1. The average molecular weight is 639 g/mol. The lowest BCUT2D eigenvalue weighted by Gasteiger charge is -2.51. The summed E-state index contributed by atoms with van der Waals surface area (Å²) >= 11 is 0. The molecule has 1 saturated carbocycles. The van der Waals surface area contributed by atoms with Crippen molar-refractivity contribution in [1.29, 1.82) is 0 Å². The Balaban J connectivity index is 1.01. The number of carbonyl (C=O) groups excluding carboxylic acids is 1. The third kappa shape index (κ3) is 5.90. The lowest BCUT2D eigenvalue weighted by atomic mass is 9.68. The SMILES string of the molecule is CCOc1cc2c(cc1OCC)[C@]1(CC[C@@H](C(=O)N3CCN(c4ncnc5c4cnn5Cc4cccc(C)n4)CC3)CC1)N(C)CC2. The van der Waals surface area contributed by atoms with Crippen molar-refractivity contribution in [2.45, 2.75) is 65.0 Å². The van der Waals surface area contributed by atoms with Gasteiger partial charge in [-0.2, -0.15) is 5.10 Å². The van der Waals surface area contributed by atoms with Crippen molar-refractivity contribution in [3.8, 4) is 11.5 Å². The first kappa shape index (κ1) is 31.4. The van der Waals surface area contributed by atoms with Crippen LogP contribution in [-0.4, -0.2) is 93.4 Å². The summed E-state index contributed by atoms with van der Waals surface area (Å²) in [5.41, 5.74) is 5.36. The molecule has 248 valence electrons. The molecule has 1 saturated heterocycles. The molecule has 1 spiro atoms. The van der Waals surface area contributed by atoms with Gasteiger partial charge in [0.05, 0.1) is 37.0 Å². The number of piperazine rings is 1. The van der Waals surface area contributed by atoms with E-state index in [0.29, 0.717) is 38.8 Å². The molecule has 1 amide bonds. The fourth-order valence-corrected chi connectivity index (χ4v) is 7.97. The Labute approximate surface area is 276 Å². The Bertz CT molecular complexity index is 1740. The maximum Gasteiger partial charge on any atom is 0.225 e. The first-order valence-corrected chi connectivity index (χ1v) is 17.2. The van der Waals surface area contributed by atoms with Gasteiger partial charge in [-0.1, -0.05) is 6.07 Å². The second-order valence-corrected chi connectivity index (χ2v) is 13.1. The van der Waals surface area contributed by atoms with Crippen molar-refractivity contribution in [3.63, 3.8) is 0 Å². The molecule has 7 rings (SSSR count). The lowest BCUT2D eigenvalue weighted by molar-refractivity contribution is -0.138. The Morgan fingerprint density at radius 2 is 1.72 bits per heavy atom. The van der Waals surface area contributed by atoms with E-state index in [2.05, 4.69) is 53.9 Å². The van der Waals surface area contributed by atoms with E-state index in [-0.39, 0.29) is 11.5 Å². The van der Waals surface area contributed by atoms with Gasteiger partial charge < -0.3 is 19.3 Å². The summed E-state index contributed by atoms with van der Waals surface area (Å²) in [6.07, 6.45) is 8.18. The maximum absolute atomic E-state index is 13.9. The van der Waals surface area contributed by atoms with Crippen LogP contribution in [0, 0.1) is 12.8 Å². The number of ether oxygens (including phenoxy) is 2. The molecule has 5 heterocycles. The van der Waals surface area contributed by atoms with Gasteiger partial charge in [0, 0.05) is 49.9 Å². The zero-order valence-corrected chi connectivity index (χ0v) is 28.1. The molecule has 1 aromatic carbocycles. The quantitative estimate of drug-likeness (QED) is 0.274. The first-order chi connectivity index (χ1) is 22.9. The Kier molecular flexibility index (Phi) is 8.74. The molecule has 2 fully saturated rings. The highest BCUT2D eigenvalue weighted by Crippen LogP contribution is 2.49. The number of hydrogen-bond acceptors (Lipinski definition) is 9. The summed E-state index contributed by atoms with van der Waals surface area (Å²) in [5, 5.41) is 5.55. The Hall–Kier alpha value is -4.25. The number of rotatable bonds is 8. The maximum atomic E-state index is 13.9. The van der Waals surface area contributed by atoms with E-state index in [1.807, 2.05) is 49.8 Å². The van der Waals surface area contributed by atoms with Crippen LogP contribution in [0.4, 0.5) is 5.82 Å². The molecule has 0 radical (unpaired) electrons. The van der Waals surface area contributed by atoms with Gasteiger partial charge in [-0.25, -0.2) is 14.6 Å². The molecular weight excluding hydrogens is 592 g/mol. The molecule has 3 aliphatic rings. The standard InChI is InChI=1S/C36H46N8O3/c1-5-46-31-20-27-12-15-41(4)36(30(27)21-32(31)47-6-2)13-10-26(11-14-36)35(45)43-18-16-42(17-19-43)33-29-22-39-44(34(29)38-24-37-33)23-28-9-7-8-25(3)40-28/h7-9,20-22,24,26H,5-6,10-19,23H2,1-4H3/t26-,36-. The number of aromatic nitrogens is 5. The monoisotopic (exact) mass is 638 g/mol. The van der Waals surface area contributed by atoms with Gasteiger partial charge in [0.15, 0.2) is 17.1 Å². The highest BCUT2D eigenvalue weighted by Gasteiger charge is 2.46. The molecule has 3 aromatic heterocycles. The molecule has 4 aromatic rings. The smallest absolute Gasteiger partial charge is 0.225 e. The fraction of sp³-hybridized carbons (Fsp3) is 0.528. The molecule has 0 unspecified atom stereocenters. The molecular formula is C36H46N8O3. The second-order valence-electron chi connectivity index (χ2n) is 13.1. The van der Waals surface area contributed by atoms with Gasteiger partial charge in [-0.15, -0.1) is 0 Å². The first-order valence-electron chi connectivity index (χ1n) is 17.2. The third-order valence-electron chi connectivity index (χ3n) is 10.4. The van der Waals surface area contributed by atoms with Crippen molar-refractivity contribution >= 4 is 22.8 Å². The molecule has 11 heteroatoms. The Morgan fingerprint density at radius 3 is 2.45 bits per heavy atom. The van der Waals surface area contributed by atoms with Crippen molar-refractivity contribution in [2.24, 2.45) is 5.92 Å². The number of aryl methyl sites for hydroxylation is 1. The summed E-state index contributed by atoms with van der Waals surface area (Å²) in [6, 6.07) is 10.4. The molecule has 0 N–H and O–H groups in total. The van der Waals surface area contributed by atoms with Crippen LogP contribution in [0.5, 0.6) is 11.5 Å². The zero-order chi connectivity index (χ0) is 32.5. The van der Waals surface area contributed by atoms with Gasteiger partial charge in [0.2, 0.25) is 5.91 Å². The summed E-state index contributed by atoms with van der Waals surface area (Å²) in [5.74, 6) is 2.90. The van der Waals surface area contributed by atoms with Gasteiger partial charge in [-0.3, -0.25) is 14.7 Å². The number of anilines is 1. The van der Waals surface area contributed by atoms with E-state index in [1.165, 1.54) is 11.1 Å². The number of nitrogens with zero attached hydrogens (tertiary/aromatic N) is 8. The van der Waals surface area contributed by atoms with Gasteiger partial charge >= 0.3 is 0 Å². The lowest BCUT2D eigenvalue weighted by Crippen LogP contribution is -2.54. The summed E-state index contributed by atoms with van der Waals surface area (Å²) in [4.78, 5) is 34.6. The van der Waals surface area contributed by atoms with Crippen LogP contribution in [0.1, 0.15) is 62.0 Å². The van der Waals surface area contributed by atoms with Gasteiger partial charge in [0.25, 0.3) is 0 Å². The van der Waals surface area contributed by atoms with Crippen LogP contribution >= 0.6 is 0 Å². The predicted octanol–water partition coefficient (Wildman–Crippen LogP) is 4.60. The van der Waals surface area contributed by atoms with Crippen molar-refractivity contribution < 1.29 is 14.3 Å². The molecule has 1 aliphatic carbocycles. The molecule has 11 nitrogen and oxygen atoms in total. The summed E-state index contributed by atoms with van der Waals surface area (Å²) < 4.78 is 13.9. The van der Waals surface area contributed by atoms with Crippen LogP contribution in [0.15, 0.2) is 42.9 Å². The van der Waals surface area contributed by atoms with Crippen molar-refractivity contribution in [3.05, 3.63) is 65.4 Å². The topological polar surface area (TPSA) is 102 Å². The fourth-order valence-electron chi connectivity index (χ4n) is 7.97. The number of fused-ring (bicyclic) bond motifs is 3. The van der Waals surface area contributed by atoms with Crippen LogP contribution in [-0.2, 0) is 23.3 Å². The van der Waals surface area contributed by atoms with Crippen LogP contribution in [0.2, 0.25) is 0 Å². The molecule has 47 heavy (non-hydrogen) atoms. The van der Waals surface area contributed by atoms with Crippen molar-refractivity contribution in [2.75, 3.05) is 57.9 Å². The second kappa shape index (κ2) is 13.1. The average Bonchev–Trinajstić information content (AvgIpc) is 3.50. The minimum absolute atomic E-state index is 0.0548. The number of likely N-dealkylation sites (N-methyl/N-ethyl adjacent to an activating group) is 1. The van der Waals surface area contributed by atoms with Gasteiger partial charge in [-0.05, 0) is 95.3 Å². The van der Waals surface area contributed by atoms with Crippen LogP contribution in [0.25, 0.3) is 11.0 Å². The van der Waals surface area contributed by atoms with E-state index in [1.54, 1.807) is 6.33 Å². The van der Waals surface area contributed by atoms with Gasteiger partial charge in [0.1, 0.15) is 12.1 Å². The number of pyridine rings is 1. The van der Waals surface area contributed by atoms with E-state index in [0.717, 1.165) is 91.5 Å². The highest BCUT2D eigenvalue weighted by molar-refractivity contribution is 5.87. The molecule has 0 atom stereocenters. The van der Waals surface area contributed by atoms with Crippen molar-refractivity contribution in [1.82, 2.24) is 34.5 Å². The van der Waals surface area contributed by atoms with E-state index < -0.39 is 0 Å².